The Morgan fingerprint density at radius 1 is 1.12 bits per heavy atom. The van der Waals surface area contributed by atoms with Crippen LogP contribution in [0.1, 0.15) is 18.1 Å². The molecule has 0 spiro atoms. The van der Waals surface area contributed by atoms with Gasteiger partial charge in [0.05, 0.1) is 20.8 Å². The minimum absolute atomic E-state index is 0.0398. The predicted molar refractivity (Wildman–Crippen MR) is 98.5 cm³/mol. The van der Waals surface area contributed by atoms with Crippen molar-refractivity contribution in [3.05, 3.63) is 57.2 Å². The fraction of sp³-hybridized carbons (Fsp3) is 0.235. The molecule has 126 valence electrons. The molecule has 2 aromatic carbocycles. The van der Waals surface area contributed by atoms with E-state index < -0.39 is 10.0 Å². The Hall–Kier alpha value is -2.12. The van der Waals surface area contributed by atoms with Crippen LogP contribution in [0.15, 0.2) is 46.1 Å². The van der Waals surface area contributed by atoms with Gasteiger partial charge in [-0.25, -0.2) is 8.42 Å². The van der Waals surface area contributed by atoms with E-state index in [9.17, 15) is 13.2 Å². The first kappa shape index (κ1) is 16.7. The number of benzene rings is 2. The molecule has 0 radical (unpaired) electrons. The molecular formula is C17H18N2O3S2. The maximum absolute atomic E-state index is 12.7. The van der Waals surface area contributed by atoms with E-state index in [1.54, 1.807) is 41.8 Å². The molecule has 1 N–H and O–H groups in total. The van der Waals surface area contributed by atoms with E-state index in [4.69, 9.17) is 0 Å². The number of nitrogens with zero attached hydrogens (tertiary/aromatic N) is 1. The highest BCUT2D eigenvalue weighted by atomic mass is 32.2. The second kappa shape index (κ2) is 6.07. The van der Waals surface area contributed by atoms with Crippen molar-refractivity contribution in [1.29, 1.82) is 0 Å². The Balaban J connectivity index is 2.02. The standard InChI is InChI=1S/C17H18N2O3S2/c1-4-19-14-8-7-13(10-15(14)23-17(19)20)18-24(21,22)16-9-11(2)5-6-12(16)3/h5-10,18H,4H2,1-3H3. The summed E-state index contributed by atoms with van der Waals surface area (Å²) in [6.45, 7) is 6.12. The van der Waals surface area contributed by atoms with Gasteiger partial charge in [0.2, 0.25) is 0 Å². The zero-order valence-electron chi connectivity index (χ0n) is 13.7. The van der Waals surface area contributed by atoms with Gasteiger partial charge < -0.3 is 0 Å². The lowest BCUT2D eigenvalue weighted by atomic mass is 10.2. The van der Waals surface area contributed by atoms with Crippen molar-refractivity contribution in [2.45, 2.75) is 32.2 Å². The maximum Gasteiger partial charge on any atom is 0.308 e. The number of thiazole rings is 1. The van der Waals surface area contributed by atoms with E-state index in [0.29, 0.717) is 17.8 Å². The Morgan fingerprint density at radius 2 is 1.88 bits per heavy atom. The van der Waals surface area contributed by atoms with Crippen LogP contribution in [0.4, 0.5) is 5.69 Å². The van der Waals surface area contributed by atoms with E-state index in [-0.39, 0.29) is 9.77 Å². The molecule has 0 aliphatic heterocycles. The van der Waals surface area contributed by atoms with Crippen molar-refractivity contribution < 1.29 is 8.42 Å². The smallest absolute Gasteiger partial charge is 0.299 e. The summed E-state index contributed by atoms with van der Waals surface area (Å²) >= 11 is 1.12. The van der Waals surface area contributed by atoms with Gasteiger partial charge in [-0.1, -0.05) is 23.5 Å². The first-order valence-corrected chi connectivity index (χ1v) is 9.85. The lowest BCUT2D eigenvalue weighted by Crippen LogP contribution is -2.14. The first-order valence-electron chi connectivity index (χ1n) is 7.55. The summed E-state index contributed by atoms with van der Waals surface area (Å²) in [4.78, 5) is 12.1. The number of hydrogen-bond donors (Lipinski definition) is 1. The first-order chi connectivity index (χ1) is 11.3. The van der Waals surface area contributed by atoms with Crippen LogP contribution in [0.3, 0.4) is 0 Å². The number of hydrogen-bond acceptors (Lipinski definition) is 4. The van der Waals surface area contributed by atoms with Crippen LogP contribution >= 0.6 is 11.3 Å². The number of nitrogens with one attached hydrogen (secondary N) is 1. The number of fused-ring (bicyclic) bond motifs is 1. The summed E-state index contributed by atoms with van der Waals surface area (Å²) < 4.78 is 30.4. The van der Waals surface area contributed by atoms with Crippen molar-refractivity contribution in [2.75, 3.05) is 4.72 Å². The van der Waals surface area contributed by atoms with Gasteiger partial charge in [-0.2, -0.15) is 0 Å². The Bertz CT molecular complexity index is 1080. The fourth-order valence-corrected chi connectivity index (χ4v) is 5.01. The van der Waals surface area contributed by atoms with Crippen molar-refractivity contribution in [3.63, 3.8) is 0 Å². The molecule has 0 unspecified atom stereocenters. The highest BCUT2D eigenvalue weighted by molar-refractivity contribution is 7.92. The summed E-state index contributed by atoms with van der Waals surface area (Å²) in [5, 5.41) is 0. The molecule has 7 heteroatoms. The van der Waals surface area contributed by atoms with Gasteiger partial charge in [0.15, 0.2) is 0 Å². The van der Waals surface area contributed by atoms with Gasteiger partial charge in [0.25, 0.3) is 10.0 Å². The molecule has 5 nitrogen and oxygen atoms in total. The lowest BCUT2D eigenvalue weighted by Gasteiger charge is -2.11. The third-order valence-electron chi connectivity index (χ3n) is 3.87. The molecule has 3 rings (SSSR count). The number of aryl methyl sites for hydroxylation is 3. The zero-order chi connectivity index (χ0) is 17.5. The van der Waals surface area contributed by atoms with Crippen LogP contribution in [-0.2, 0) is 16.6 Å². The van der Waals surface area contributed by atoms with Gasteiger partial charge in [-0.15, -0.1) is 0 Å². The van der Waals surface area contributed by atoms with Crippen molar-refractivity contribution >= 4 is 37.3 Å². The predicted octanol–water partition coefficient (Wildman–Crippen LogP) is 3.50. The van der Waals surface area contributed by atoms with Crippen molar-refractivity contribution in [2.24, 2.45) is 0 Å². The van der Waals surface area contributed by atoms with E-state index >= 15 is 0 Å². The van der Waals surface area contributed by atoms with Gasteiger partial charge in [-0.3, -0.25) is 14.1 Å². The second-order valence-electron chi connectivity index (χ2n) is 5.67. The van der Waals surface area contributed by atoms with Crippen molar-refractivity contribution in [1.82, 2.24) is 4.57 Å². The molecular weight excluding hydrogens is 344 g/mol. The monoisotopic (exact) mass is 362 g/mol. The lowest BCUT2D eigenvalue weighted by molar-refractivity contribution is 0.600. The SMILES string of the molecule is CCn1c(=O)sc2cc(NS(=O)(=O)c3cc(C)ccc3C)ccc21. The Labute approximate surface area is 144 Å². The quantitative estimate of drug-likeness (QED) is 0.772. The van der Waals surface area contributed by atoms with Crippen LogP contribution < -0.4 is 9.60 Å². The Morgan fingerprint density at radius 3 is 2.58 bits per heavy atom. The molecule has 0 amide bonds. The number of anilines is 1. The summed E-state index contributed by atoms with van der Waals surface area (Å²) in [5.74, 6) is 0. The number of sulfonamides is 1. The van der Waals surface area contributed by atoms with Crippen LogP contribution in [0.25, 0.3) is 10.2 Å². The number of aromatic nitrogens is 1. The summed E-state index contributed by atoms with van der Waals surface area (Å²) in [6.07, 6.45) is 0. The van der Waals surface area contributed by atoms with Crippen LogP contribution in [-0.4, -0.2) is 13.0 Å². The molecule has 3 aromatic rings. The third kappa shape index (κ3) is 2.97. The average molecular weight is 362 g/mol. The molecule has 0 bridgehead atoms. The molecule has 0 fully saturated rings. The van der Waals surface area contributed by atoms with Crippen LogP contribution in [0, 0.1) is 13.8 Å². The number of rotatable bonds is 4. The normalized spacial score (nSPS) is 11.8. The molecule has 0 saturated carbocycles. The highest BCUT2D eigenvalue weighted by Crippen LogP contribution is 2.25. The molecule has 1 aromatic heterocycles. The van der Waals surface area contributed by atoms with Crippen LogP contribution in [0.5, 0.6) is 0 Å². The molecule has 1 heterocycles. The minimum atomic E-state index is -3.67. The van der Waals surface area contributed by atoms with E-state index in [1.165, 1.54) is 0 Å². The molecule has 0 saturated heterocycles. The van der Waals surface area contributed by atoms with E-state index in [0.717, 1.165) is 27.1 Å². The topological polar surface area (TPSA) is 68.2 Å². The Kier molecular flexibility index (Phi) is 4.23. The highest BCUT2D eigenvalue weighted by Gasteiger charge is 2.18. The minimum Gasteiger partial charge on any atom is -0.299 e. The zero-order valence-corrected chi connectivity index (χ0v) is 15.3. The van der Waals surface area contributed by atoms with Crippen molar-refractivity contribution in [3.8, 4) is 0 Å². The molecule has 0 aliphatic rings. The second-order valence-corrected chi connectivity index (χ2v) is 8.31. The molecule has 0 aliphatic carbocycles. The van der Waals surface area contributed by atoms with Gasteiger partial charge in [0, 0.05) is 6.54 Å². The summed E-state index contributed by atoms with van der Waals surface area (Å²) in [6, 6.07) is 10.5. The largest absolute Gasteiger partial charge is 0.308 e. The molecule has 0 atom stereocenters. The van der Waals surface area contributed by atoms with Gasteiger partial charge in [-0.05, 0) is 56.2 Å². The summed E-state index contributed by atoms with van der Waals surface area (Å²) in [5.41, 5.74) is 2.85. The van der Waals surface area contributed by atoms with E-state index in [2.05, 4.69) is 4.72 Å². The molecule has 24 heavy (non-hydrogen) atoms. The fourth-order valence-electron chi connectivity index (χ4n) is 2.64. The third-order valence-corrected chi connectivity index (χ3v) is 6.34. The summed E-state index contributed by atoms with van der Waals surface area (Å²) in [7, 11) is -3.67. The van der Waals surface area contributed by atoms with Crippen LogP contribution in [0.2, 0.25) is 0 Å². The van der Waals surface area contributed by atoms with Gasteiger partial charge in [0.1, 0.15) is 0 Å². The van der Waals surface area contributed by atoms with Gasteiger partial charge >= 0.3 is 4.87 Å². The maximum atomic E-state index is 12.7. The average Bonchev–Trinajstić information content (AvgIpc) is 2.83. The van der Waals surface area contributed by atoms with E-state index in [1.807, 2.05) is 19.9 Å².